The van der Waals surface area contributed by atoms with Gasteiger partial charge in [-0.25, -0.2) is 0 Å². The fourth-order valence-corrected chi connectivity index (χ4v) is 2.64. The van der Waals surface area contributed by atoms with E-state index >= 15 is 0 Å². The zero-order chi connectivity index (χ0) is 15.8. The molecule has 2 heterocycles. The van der Waals surface area contributed by atoms with Crippen LogP contribution < -0.4 is 14.8 Å². The van der Waals surface area contributed by atoms with Crippen molar-refractivity contribution in [3.63, 3.8) is 0 Å². The Morgan fingerprint density at radius 2 is 2.00 bits per heavy atom. The van der Waals surface area contributed by atoms with Crippen LogP contribution in [0, 0.1) is 0 Å². The average molecular weight is 314 g/mol. The molecule has 120 valence electrons. The minimum Gasteiger partial charge on any atom is -0.486 e. The zero-order valence-electron chi connectivity index (χ0n) is 12.9. The highest BCUT2D eigenvalue weighted by atomic mass is 16.6. The van der Waals surface area contributed by atoms with Crippen LogP contribution in [0.3, 0.4) is 0 Å². The molecule has 1 amide bonds. The summed E-state index contributed by atoms with van der Waals surface area (Å²) in [5.74, 6) is 2.47. The number of ether oxygens (including phenoxy) is 2. The van der Waals surface area contributed by atoms with Crippen LogP contribution in [0.15, 0.2) is 28.8 Å². The van der Waals surface area contributed by atoms with Gasteiger partial charge in [0.05, 0.1) is 6.04 Å². The Balaban J connectivity index is 1.45. The number of amides is 1. The van der Waals surface area contributed by atoms with Crippen molar-refractivity contribution in [3.8, 4) is 11.5 Å². The number of hydrogen-bond donors (Lipinski definition) is 1. The molecule has 0 bridgehead atoms. The lowest BCUT2D eigenvalue weighted by molar-refractivity contribution is 0.0930. The van der Waals surface area contributed by atoms with Crippen LogP contribution >= 0.6 is 0 Å². The number of carbonyl (C=O) groups is 1. The fourth-order valence-electron chi connectivity index (χ4n) is 2.64. The Morgan fingerprint density at radius 3 is 2.78 bits per heavy atom. The van der Waals surface area contributed by atoms with Crippen LogP contribution in [0.25, 0.3) is 0 Å². The Labute approximate surface area is 133 Å². The topological polar surface area (TPSA) is 73.6 Å². The van der Waals surface area contributed by atoms with Crippen LogP contribution in [0.2, 0.25) is 0 Å². The van der Waals surface area contributed by atoms with Gasteiger partial charge in [0, 0.05) is 12.0 Å². The van der Waals surface area contributed by atoms with Gasteiger partial charge in [-0.2, -0.15) is 0 Å². The molecule has 1 aromatic carbocycles. The second-order valence-corrected chi connectivity index (χ2v) is 5.99. The number of carbonyl (C=O) groups excluding carboxylic acids is 1. The Hall–Kier alpha value is -2.50. The number of fused-ring (bicyclic) bond motifs is 1. The van der Waals surface area contributed by atoms with Crippen LogP contribution in [0.1, 0.15) is 53.5 Å². The maximum atomic E-state index is 12.3. The van der Waals surface area contributed by atoms with Crippen molar-refractivity contribution in [1.82, 2.24) is 10.5 Å². The zero-order valence-corrected chi connectivity index (χ0v) is 12.9. The number of rotatable bonds is 4. The van der Waals surface area contributed by atoms with Crippen LogP contribution in [-0.4, -0.2) is 24.3 Å². The molecule has 4 rings (SSSR count). The van der Waals surface area contributed by atoms with E-state index in [9.17, 15) is 4.79 Å². The van der Waals surface area contributed by atoms with Crippen molar-refractivity contribution < 1.29 is 18.8 Å². The quantitative estimate of drug-likeness (QED) is 0.939. The van der Waals surface area contributed by atoms with Gasteiger partial charge in [-0.05, 0) is 37.5 Å². The van der Waals surface area contributed by atoms with E-state index in [-0.39, 0.29) is 11.9 Å². The van der Waals surface area contributed by atoms with Crippen LogP contribution in [0.5, 0.6) is 11.5 Å². The van der Waals surface area contributed by atoms with Gasteiger partial charge in [0.1, 0.15) is 19.0 Å². The van der Waals surface area contributed by atoms with Crippen molar-refractivity contribution in [2.24, 2.45) is 0 Å². The normalized spacial score (nSPS) is 17.6. The smallest absolute Gasteiger partial charge is 0.273 e. The molecular weight excluding hydrogens is 296 g/mol. The lowest BCUT2D eigenvalue weighted by Gasteiger charge is -2.20. The summed E-state index contributed by atoms with van der Waals surface area (Å²) in [4.78, 5) is 12.3. The van der Waals surface area contributed by atoms with Gasteiger partial charge < -0.3 is 19.3 Å². The summed E-state index contributed by atoms with van der Waals surface area (Å²) in [7, 11) is 0. The van der Waals surface area contributed by atoms with Crippen LogP contribution in [0.4, 0.5) is 0 Å². The van der Waals surface area contributed by atoms with Gasteiger partial charge in [-0.1, -0.05) is 11.2 Å². The summed E-state index contributed by atoms with van der Waals surface area (Å²) >= 11 is 0. The van der Waals surface area contributed by atoms with E-state index in [1.807, 2.05) is 25.1 Å². The number of nitrogens with one attached hydrogen (secondary N) is 1. The first-order valence-corrected chi connectivity index (χ1v) is 7.88. The van der Waals surface area contributed by atoms with E-state index in [0.717, 1.165) is 29.9 Å². The molecular formula is C17H18N2O4. The third-order valence-corrected chi connectivity index (χ3v) is 4.15. The van der Waals surface area contributed by atoms with Gasteiger partial charge in [-0.15, -0.1) is 0 Å². The van der Waals surface area contributed by atoms with Crippen molar-refractivity contribution in [2.45, 2.75) is 31.7 Å². The first-order chi connectivity index (χ1) is 11.2. The monoisotopic (exact) mass is 314 g/mol. The molecule has 1 fully saturated rings. The molecule has 6 heteroatoms. The van der Waals surface area contributed by atoms with E-state index < -0.39 is 0 Å². The van der Waals surface area contributed by atoms with Crippen molar-refractivity contribution in [2.75, 3.05) is 13.2 Å². The first-order valence-electron chi connectivity index (χ1n) is 7.88. The largest absolute Gasteiger partial charge is 0.486 e. The minimum atomic E-state index is -0.233. The molecule has 2 aromatic rings. The van der Waals surface area contributed by atoms with Crippen molar-refractivity contribution in [1.29, 1.82) is 0 Å². The summed E-state index contributed by atoms with van der Waals surface area (Å²) < 4.78 is 16.3. The maximum absolute atomic E-state index is 12.3. The van der Waals surface area contributed by atoms with Crippen LogP contribution in [-0.2, 0) is 0 Å². The molecule has 6 nitrogen and oxygen atoms in total. The molecule has 1 aliphatic carbocycles. The molecule has 1 saturated carbocycles. The highest BCUT2D eigenvalue weighted by Gasteiger charge is 2.29. The molecule has 0 spiro atoms. The summed E-state index contributed by atoms with van der Waals surface area (Å²) in [6.07, 6.45) is 2.23. The first kappa shape index (κ1) is 14.1. The van der Waals surface area contributed by atoms with E-state index in [1.54, 1.807) is 6.07 Å². The summed E-state index contributed by atoms with van der Waals surface area (Å²) in [6, 6.07) is 7.27. The average Bonchev–Trinajstić information content (AvgIpc) is 3.31. The van der Waals surface area contributed by atoms with Gasteiger partial charge in [0.25, 0.3) is 5.91 Å². The summed E-state index contributed by atoms with van der Waals surface area (Å²) in [5.41, 5.74) is 1.28. The van der Waals surface area contributed by atoms with E-state index in [4.69, 9.17) is 14.0 Å². The lowest BCUT2D eigenvalue weighted by atomic mass is 10.1. The third-order valence-electron chi connectivity index (χ3n) is 4.15. The highest BCUT2D eigenvalue weighted by molar-refractivity contribution is 5.92. The van der Waals surface area contributed by atoms with Gasteiger partial charge in [0.15, 0.2) is 17.2 Å². The molecule has 0 radical (unpaired) electrons. The van der Waals surface area contributed by atoms with E-state index in [0.29, 0.717) is 30.6 Å². The highest BCUT2D eigenvalue weighted by Crippen LogP contribution is 2.40. The minimum absolute atomic E-state index is 0.167. The SMILES string of the molecule is C[C@@H](NC(=O)c1cc(C2CC2)on1)c1ccc2c(c1)OCCO2. The molecule has 2 aliphatic rings. The fraction of sp³-hybridized carbons (Fsp3) is 0.412. The molecule has 1 aromatic heterocycles. The molecule has 1 N–H and O–H groups in total. The predicted octanol–water partition coefficient (Wildman–Crippen LogP) is 2.81. The molecule has 1 aliphatic heterocycles. The van der Waals surface area contributed by atoms with Gasteiger partial charge >= 0.3 is 0 Å². The molecule has 0 unspecified atom stereocenters. The Morgan fingerprint density at radius 1 is 1.22 bits per heavy atom. The second kappa shape index (κ2) is 5.61. The summed E-state index contributed by atoms with van der Waals surface area (Å²) in [6.45, 7) is 3.03. The number of benzene rings is 1. The number of aromatic nitrogens is 1. The lowest BCUT2D eigenvalue weighted by Crippen LogP contribution is -2.27. The molecule has 0 saturated heterocycles. The van der Waals surface area contributed by atoms with Crippen molar-refractivity contribution >= 4 is 5.91 Å². The maximum Gasteiger partial charge on any atom is 0.273 e. The Kier molecular flexibility index (Phi) is 3.44. The van der Waals surface area contributed by atoms with Crippen molar-refractivity contribution in [3.05, 3.63) is 41.3 Å². The van der Waals surface area contributed by atoms with Gasteiger partial charge in [0.2, 0.25) is 0 Å². The summed E-state index contributed by atoms with van der Waals surface area (Å²) in [5, 5.41) is 6.80. The Bertz CT molecular complexity index is 736. The standard InChI is InChI=1S/C17H18N2O4/c1-10(12-4-5-14-16(8-12)22-7-6-21-14)18-17(20)13-9-15(23-19-13)11-2-3-11/h4-5,8-11H,2-3,6-7H2,1H3,(H,18,20)/t10-/m1/s1. The molecule has 1 atom stereocenters. The van der Waals surface area contributed by atoms with E-state index in [2.05, 4.69) is 10.5 Å². The second-order valence-electron chi connectivity index (χ2n) is 5.99. The predicted molar refractivity (Wildman–Crippen MR) is 81.8 cm³/mol. The third kappa shape index (κ3) is 2.88. The molecule has 23 heavy (non-hydrogen) atoms. The van der Waals surface area contributed by atoms with E-state index in [1.165, 1.54) is 0 Å². The number of hydrogen-bond acceptors (Lipinski definition) is 5. The number of nitrogens with zero attached hydrogens (tertiary/aromatic N) is 1. The van der Waals surface area contributed by atoms with Gasteiger partial charge in [-0.3, -0.25) is 4.79 Å².